The summed E-state index contributed by atoms with van der Waals surface area (Å²) in [5.41, 5.74) is 6.79. The van der Waals surface area contributed by atoms with E-state index in [0.29, 0.717) is 17.0 Å². The van der Waals surface area contributed by atoms with Gasteiger partial charge in [0, 0.05) is 16.1 Å². The zero-order chi connectivity index (χ0) is 18.3. The van der Waals surface area contributed by atoms with Crippen LogP contribution in [-0.4, -0.2) is 25.4 Å². The fraction of sp³-hybridized carbons (Fsp3) is 0.333. The molecule has 0 aliphatic heterocycles. The van der Waals surface area contributed by atoms with E-state index >= 15 is 0 Å². The van der Waals surface area contributed by atoms with Gasteiger partial charge < -0.3 is 10.7 Å². The van der Waals surface area contributed by atoms with Crippen LogP contribution >= 0.6 is 15.9 Å². The third-order valence-corrected chi connectivity index (χ3v) is 5.32. The van der Waals surface area contributed by atoms with E-state index in [9.17, 15) is 9.59 Å². The molecule has 134 valence electrons. The van der Waals surface area contributed by atoms with Crippen molar-refractivity contribution in [2.24, 2.45) is 5.73 Å². The number of hydrogen-bond acceptors (Lipinski definition) is 4. The number of nitrogens with zero attached hydrogens (tertiary/aromatic N) is 3. The first-order valence-corrected chi connectivity index (χ1v) is 9.42. The number of primary amides is 1. The highest BCUT2D eigenvalue weighted by molar-refractivity contribution is 9.10. The van der Waals surface area contributed by atoms with E-state index in [1.165, 1.54) is 6.42 Å². The molecule has 1 amide bonds. The first-order chi connectivity index (χ1) is 12.5. The summed E-state index contributed by atoms with van der Waals surface area (Å²) in [4.78, 5) is 36.2. The topological polar surface area (TPSA) is 107 Å². The highest BCUT2D eigenvalue weighted by Crippen LogP contribution is 2.30. The molecule has 1 aliphatic rings. The quantitative estimate of drug-likeness (QED) is 0.684. The number of imidazole rings is 1. The Morgan fingerprint density at radius 3 is 2.69 bits per heavy atom. The van der Waals surface area contributed by atoms with Gasteiger partial charge in [0.05, 0.1) is 0 Å². The number of carbonyl (C=O) groups is 1. The number of halogens is 1. The minimum atomic E-state index is -0.689. The van der Waals surface area contributed by atoms with Gasteiger partial charge in [0.2, 0.25) is 0 Å². The van der Waals surface area contributed by atoms with Crippen molar-refractivity contribution in [3.8, 4) is 11.4 Å². The second-order valence-corrected chi connectivity index (χ2v) is 7.48. The number of fused-ring (bicyclic) bond motifs is 1. The number of hydrogen-bond donors (Lipinski definition) is 2. The fourth-order valence-electron chi connectivity index (χ4n) is 3.61. The number of H-pyrrole nitrogens is 1. The van der Waals surface area contributed by atoms with Crippen molar-refractivity contribution in [1.29, 1.82) is 0 Å². The zero-order valence-corrected chi connectivity index (χ0v) is 15.6. The average molecular weight is 416 g/mol. The van der Waals surface area contributed by atoms with Crippen molar-refractivity contribution in [3.63, 3.8) is 0 Å². The molecule has 0 bridgehead atoms. The standard InChI is InChI=1S/C18H18BrN5O2/c19-11-6-4-5-10(9-11)16-21-13(15(20)25)14-17(23-16)24(18(26)22-14)12-7-2-1-3-8-12/h4-6,9,12H,1-3,7-8H2,(H2,20,25)(H,22,26). The summed E-state index contributed by atoms with van der Waals surface area (Å²) in [5, 5.41) is 0. The third kappa shape index (κ3) is 2.94. The normalized spacial score (nSPS) is 15.4. The SMILES string of the molecule is NC(=O)c1nc(-c2cccc(Br)c2)nc2c1[nH]c(=O)n2C1CCCCC1. The van der Waals surface area contributed by atoms with Crippen molar-refractivity contribution in [2.75, 3.05) is 0 Å². The summed E-state index contributed by atoms with van der Waals surface area (Å²) in [6.45, 7) is 0. The first kappa shape index (κ1) is 17.0. The summed E-state index contributed by atoms with van der Waals surface area (Å²) in [6, 6.07) is 7.55. The Morgan fingerprint density at radius 1 is 1.23 bits per heavy atom. The van der Waals surface area contributed by atoms with Crippen LogP contribution in [-0.2, 0) is 0 Å². The van der Waals surface area contributed by atoms with Crippen molar-refractivity contribution in [1.82, 2.24) is 19.5 Å². The molecule has 26 heavy (non-hydrogen) atoms. The molecular formula is C18H18BrN5O2. The van der Waals surface area contributed by atoms with E-state index < -0.39 is 5.91 Å². The highest BCUT2D eigenvalue weighted by atomic mass is 79.9. The highest BCUT2D eigenvalue weighted by Gasteiger charge is 2.24. The van der Waals surface area contributed by atoms with Gasteiger partial charge in [-0.1, -0.05) is 47.3 Å². The molecule has 8 heteroatoms. The summed E-state index contributed by atoms with van der Waals surface area (Å²) in [6.07, 6.45) is 5.19. The Balaban J connectivity index is 1.98. The molecule has 3 N–H and O–H groups in total. The number of nitrogens with two attached hydrogens (primary N) is 1. The fourth-order valence-corrected chi connectivity index (χ4v) is 4.01. The summed E-state index contributed by atoms with van der Waals surface area (Å²) >= 11 is 3.43. The van der Waals surface area contributed by atoms with Crippen LogP contribution in [0.25, 0.3) is 22.6 Å². The van der Waals surface area contributed by atoms with Crippen LogP contribution in [0.3, 0.4) is 0 Å². The van der Waals surface area contributed by atoms with Gasteiger partial charge in [-0.25, -0.2) is 14.8 Å². The number of aromatic nitrogens is 4. The maximum atomic E-state index is 12.6. The predicted molar refractivity (Wildman–Crippen MR) is 102 cm³/mol. The van der Waals surface area contributed by atoms with Gasteiger partial charge in [0.15, 0.2) is 17.2 Å². The van der Waals surface area contributed by atoms with Crippen molar-refractivity contribution in [3.05, 3.63) is 44.9 Å². The maximum absolute atomic E-state index is 12.6. The van der Waals surface area contributed by atoms with E-state index in [4.69, 9.17) is 5.73 Å². The molecule has 0 radical (unpaired) electrons. The molecule has 2 heterocycles. The van der Waals surface area contributed by atoms with Crippen LogP contribution in [0, 0.1) is 0 Å². The lowest BCUT2D eigenvalue weighted by Gasteiger charge is -2.22. The number of carbonyl (C=O) groups excluding carboxylic acids is 1. The summed E-state index contributed by atoms with van der Waals surface area (Å²) < 4.78 is 2.54. The van der Waals surface area contributed by atoms with Crippen LogP contribution in [0.2, 0.25) is 0 Å². The van der Waals surface area contributed by atoms with E-state index in [-0.39, 0.29) is 17.4 Å². The Hall–Kier alpha value is -2.48. The molecule has 1 aromatic carbocycles. The van der Waals surface area contributed by atoms with Crippen molar-refractivity contribution < 1.29 is 4.79 Å². The molecule has 0 atom stereocenters. The molecular weight excluding hydrogens is 398 g/mol. The minimum absolute atomic E-state index is 0.0386. The molecule has 0 spiro atoms. The molecule has 1 saturated carbocycles. The Kier molecular flexibility index (Phi) is 4.36. The van der Waals surface area contributed by atoms with Gasteiger partial charge in [-0.2, -0.15) is 0 Å². The number of nitrogens with one attached hydrogen (secondary N) is 1. The van der Waals surface area contributed by atoms with E-state index in [0.717, 1.165) is 35.7 Å². The number of aromatic amines is 1. The van der Waals surface area contributed by atoms with Crippen LogP contribution in [0.4, 0.5) is 0 Å². The van der Waals surface area contributed by atoms with E-state index in [1.807, 2.05) is 24.3 Å². The van der Waals surface area contributed by atoms with Crippen molar-refractivity contribution >= 4 is 33.0 Å². The van der Waals surface area contributed by atoms with Crippen LogP contribution in [0.5, 0.6) is 0 Å². The Morgan fingerprint density at radius 2 is 2.00 bits per heavy atom. The number of rotatable bonds is 3. The average Bonchev–Trinajstić information content (AvgIpc) is 2.97. The number of benzene rings is 1. The van der Waals surface area contributed by atoms with Gasteiger partial charge in [0.1, 0.15) is 5.52 Å². The smallest absolute Gasteiger partial charge is 0.327 e. The molecule has 3 aromatic rings. The molecule has 2 aromatic heterocycles. The van der Waals surface area contributed by atoms with E-state index in [2.05, 4.69) is 30.9 Å². The Bertz CT molecular complexity index is 1050. The molecule has 1 aliphatic carbocycles. The summed E-state index contributed by atoms with van der Waals surface area (Å²) in [7, 11) is 0. The van der Waals surface area contributed by atoms with Gasteiger partial charge >= 0.3 is 5.69 Å². The van der Waals surface area contributed by atoms with E-state index in [1.54, 1.807) is 4.57 Å². The second kappa shape index (κ2) is 6.68. The zero-order valence-electron chi connectivity index (χ0n) is 14.0. The lowest BCUT2D eigenvalue weighted by atomic mass is 9.95. The Labute approximate surface area is 157 Å². The lowest BCUT2D eigenvalue weighted by molar-refractivity contribution is 0.0997. The largest absolute Gasteiger partial charge is 0.364 e. The molecule has 0 unspecified atom stereocenters. The van der Waals surface area contributed by atoms with Gasteiger partial charge in [0.25, 0.3) is 5.91 Å². The van der Waals surface area contributed by atoms with Gasteiger partial charge in [-0.3, -0.25) is 9.36 Å². The van der Waals surface area contributed by atoms with Gasteiger partial charge in [-0.05, 0) is 25.0 Å². The van der Waals surface area contributed by atoms with Crippen LogP contribution < -0.4 is 11.4 Å². The van der Waals surface area contributed by atoms with Crippen LogP contribution in [0.1, 0.15) is 48.6 Å². The third-order valence-electron chi connectivity index (χ3n) is 4.82. The molecule has 4 rings (SSSR count). The minimum Gasteiger partial charge on any atom is -0.364 e. The first-order valence-electron chi connectivity index (χ1n) is 8.62. The van der Waals surface area contributed by atoms with Gasteiger partial charge in [-0.15, -0.1) is 0 Å². The second-order valence-electron chi connectivity index (χ2n) is 6.56. The maximum Gasteiger partial charge on any atom is 0.327 e. The number of amides is 1. The predicted octanol–water partition coefficient (Wildman–Crippen LogP) is 3.15. The monoisotopic (exact) mass is 415 g/mol. The molecule has 0 saturated heterocycles. The van der Waals surface area contributed by atoms with Crippen molar-refractivity contribution in [2.45, 2.75) is 38.1 Å². The lowest BCUT2D eigenvalue weighted by Crippen LogP contribution is -2.24. The summed E-state index contributed by atoms with van der Waals surface area (Å²) in [5.74, 6) is -0.318. The van der Waals surface area contributed by atoms with Crippen LogP contribution in [0.15, 0.2) is 33.5 Å². The molecule has 1 fully saturated rings. The molecule has 7 nitrogen and oxygen atoms in total.